The summed E-state index contributed by atoms with van der Waals surface area (Å²) in [5.74, 6) is 0. The van der Waals surface area contributed by atoms with Crippen molar-refractivity contribution in [2.75, 3.05) is 20.3 Å². The first-order valence-corrected chi connectivity index (χ1v) is 12.1. The van der Waals surface area contributed by atoms with Crippen molar-refractivity contribution in [3.05, 3.63) is 33.7 Å². The fraction of sp³-hybridized carbons (Fsp3) is 0.500. The van der Waals surface area contributed by atoms with Crippen LogP contribution in [0.2, 0.25) is 0 Å². The summed E-state index contributed by atoms with van der Waals surface area (Å²) in [5, 5.41) is 9.48. The maximum Gasteiger partial charge on any atom is 0.335 e. The number of hydrogen-bond donors (Lipinski definition) is 2. The number of rotatable bonds is 10. The number of fused-ring (bicyclic) bond motifs is 1. The highest BCUT2D eigenvalue weighted by molar-refractivity contribution is 7.89. The smallest absolute Gasteiger partial charge is 0.320 e. The quantitative estimate of drug-likeness (QED) is 0.421. The molecule has 1 fully saturated rings. The molecule has 0 spiro atoms. The number of nitrogens with one attached hydrogen (secondary N) is 2. The number of sulfonamides is 1. The molecule has 32 heavy (non-hydrogen) atoms. The van der Waals surface area contributed by atoms with Gasteiger partial charge in [-0.05, 0) is 51.1 Å². The van der Waals surface area contributed by atoms with Crippen LogP contribution in [0.5, 0.6) is 0 Å². The Labute approximate surface area is 185 Å². The maximum atomic E-state index is 13.2. The van der Waals surface area contributed by atoms with Crippen LogP contribution in [0.15, 0.2) is 27.9 Å². The summed E-state index contributed by atoms with van der Waals surface area (Å²) in [6, 6.07) is 4.08. The summed E-state index contributed by atoms with van der Waals surface area (Å²) >= 11 is 0.552. The molecule has 0 radical (unpaired) electrons. The van der Waals surface area contributed by atoms with E-state index in [4.69, 9.17) is 0 Å². The molecule has 9 nitrogen and oxygen atoms in total. The van der Waals surface area contributed by atoms with Crippen molar-refractivity contribution >= 4 is 32.4 Å². The van der Waals surface area contributed by atoms with Crippen LogP contribution >= 0.6 is 11.3 Å². The van der Waals surface area contributed by atoms with E-state index in [-0.39, 0.29) is 15.5 Å². The molecule has 174 valence electrons. The van der Waals surface area contributed by atoms with Gasteiger partial charge in [0.05, 0.1) is 21.5 Å². The second-order valence-electron chi connectivity index (χ2n) is 7.62. The minimum atomic E-state index is -4.07. The standard InChI is InChI=1S/C18H21F3N6O3S2/c1-22-7-2-8-26-12-4-3-11(32(29,30)25-18(10-19)5-6-18)9-13(12)27(17(26)28)16-24-23-15(31-16)14(20)21/h3-4,9,14,22,25H,2,5-8,10H2,1H3. The van der Waals surface area contributed by atoms with Crippen molar-refractivity contribution in [2.45, 2.75) is 42.7 Å². The lowest BCUT2D eigenvalue weighted by Crippen LogP contribution is -2.38. The number of aryl methyl sites for hydroxylation is 1. The van der Waals surface area contributed by atoms with Gasteiger partial charge in [-0.1, -0.05) is 11.3 Å². The third-order valence-corrected chi connectivity index (χ3v) is 7.78. The van der Waals surface area contributed by atoms with Crippen molar-refractivity contribution in [3.8, 4) is 5.13 Å². The first-order valence-electron chi connectivity index (χ1n) is 9.83. The van der Waals surface area contributed by atoms with Gasteiger partial charge in [0.1, 0.15) is 6.67 Å². The lowest BCUT2D eigenvalue weighted by Gasteiger charge is -2.14. The molecule has 0 saturated heterocycles. The molecule has 1 aromatic carbocycles. The predicted octanol–water partition coefficient (Wildman–Crippen LogP) is 1.97. The Morgan fingerprint density at radius 1 is 1.25 bits per heavy atom. The fourth-order valence-corrected chi connectivity index (χ4v) is 5.55. The zero-order valence-electron chi connectivity index (χ0n) is 17.0. The van der Waals surface area contributed by atoms with E-state index in [2.05, 4.69) is 20.2 Å². The highest BCUT2D eigenvalue weighted by Gasteiger charge is 2.46. The normalized spacial score (nSPS) is 15.7. The lowest BCUT2D eigenvalue weighted by molar-refractivity contribution is 0.150. The molecule has 0 aliphatic heterocycles. The van der Waals surface area contributed by atoms with Gasteiger partial charge in [0, 0.05) is 6.54 Å². The van der Waals surface area contributed by atoms with Crippen LogP contribution in [0.3, 0.4) is 0 Å². The maximum absolute atomic E-state index is 13.2. The Hall–Kier alpha value is -2.29. The van der Waals surface area contributed by atoms with Crippen LogP contribution in [0.4, 0.5) is 13.2 Å². The Bertz CT molecular complexity index is 1300. The zero-order valence-corrected chi connectivity index (χ0v) is 18.6. The second-order valence-corrected chi connectivity index (χ2v) is 10.3. The molecule has 1 aliphatic rings. The van der Waals surface area contributed by atoms with E-state index in [1.807, 2.05) is 0 Å². The van der Waals surface area contributed by atoms with Crippen LogP contribution in [0, 0.1) is 0 Å². The zero-order chi connectivity index (χ0) is 23.1. The molecule has 2 aromatic heterocycles. The van der Waals surface area contributed by atoms with Crippen molar-refractivity contribution in [1.82, 2.24) is 29.4 Å². The molecule has 4 rings (SSSR count). The molecule has 3 aromatic rings. The summed E-state index contributed by atoms with van der Waals surface area (Å²) in [5.41, 5.74) is -1.02. The molecular weight excluding hydrogens is 469 g/mol. The van der Waals surface area contributed by atoms with Crippen molar-refractivity contribution in [1.29, 1.82) is 0 Å². The Kier molecular flexibility index (Phi) is 6.13. The number of nitrogens with zero attached hydrogens (tertiary/aromatic N) is 4. The molecule has 0 amide bonds. The van der Waals surface area contributed by atoms with Gasteiger partial charge in [-0.2, -0.15) is 0 Å². The lowest BCUT2D eigenvalue weighted by atomic mass is 10.3. The van der Waals surface area contributed by atoms with Crippen LogP contribution in [0.1, 0.15) is 30.7 Å². The molecule has 2 N–H and O–H groups in total. The van der Waals surface area contributed by atoms with Crippen molar-refractivity contribution in [3.63, 3.8) is 0 Å². The highest BCUT2D eigenvalue weighted by atomic mass is 32.2. The number of halogens is 3. The largest absolute Gasteiger partial charge is 0.335 e. The van der Waals surface area contributed by atoms with Gasteiger partial charge < -0.3 is 5.32 Å². The number of hydrogen-bond acceptors (Lipinski definition) is 7. The minimum absolute atomic E-state index is 0.0902. The molecular formula is C18H21F3N6O3S2. The fourth-order valence-electron chi connectivity index (χ4n) is 3.38. The van der Waals surface area contributed by atoms with Crippen LogP contribution in [-0.4, -0.2) is 53.6 Å². The van der Waals surface area contributed by atoms with Gasteiger partial charge in [0.25, 0.3) is 6.43 Å². The average molecular weight is 491 g/mol. The summed E-state index contributed by atoms with van der Waals surface area (Å²) in [6.45, 7) is 0.135. The first-order chi connectivity index (χ1) is 15.2. The van der Waals surface area contributed by atoms with E-state index in [9.17, 15) is 26.4 Å². The molecule has 0 unspecified atom stereocenters. The second kappa shape index (κ2) is 8.57. The third kappa shape index (κ3) is 4.19. The number of benzene rings is 1. The van der Waals surface area contributed by atoms with E-state index in [0.29, 0.717) is 49.2 Å². The summed E-state index contributed by atoms with van der Waals surface area (Å²) in [4.78, 5) is 13.0. The summed E-state index contributed by atoms with van der Waals surface area (Å²) < 4.78 is 69.9. The van der Waals surface area contributed by atoms with Crippen LogP contribution in [0.25, 0.3) is 16.2 Å². The monoisotopic (exact) mass is 490 g/mol. The van der Waals surface area contributed by atoms with Crippen LogP contribution < -0.4 is 15.7 Å². The Morgan fingerprint density at radius 3 is 2.59 bits per heavy atom. The highest BCUT2D eigenvalue weighted by Crippen LogP contribution is 2.37. The molecule has 0 atom stereocenters. The van der Waals surface area contributed by atoms with Gasteiger partial charge in [-0.15, -0.1) is 10.2 Å². The van der Waals surface area contributed by atoms with Gasteiger partial charge >= 0.3 is 5.69 Å². The van der Waals surface area contributed by atoms with Gasteiger partial charge in [-0.3, -0.25) is 4.57 Å². The minimum Gasteiger partial charge on any atom is -0.320 e. The molecule has 0 bridgehead atoms. The average Bonchev–Trinajstić information content (AvgIpc) is 3.23. The number of imidazole rings is 1. The van der Waals surface area contributed by atoms with E-state index in [1.54, 1.807) is 7.05 Å². The predicted molar refractivity (Wildman–Crippen MR) is 113 cm³/mol. The van der Waals surface area contributed by atoms with E-state index in [0.717, 1.165) is 4.57 Å². The van der Waals surface area contributed by atoms with Crippen LogP contribution in [-0.2, 0) is 16.6 Å². The number of alkyl halides is 3. The van der Waals surface area contributed by atoms with E-state index < -0.39 is 39.4 Å². The molecule has 1 saturated carbocycles. The van der Waals surface area contributed by atoms with Gasteiger partial charge in [0.15, 0.2) is 5.01 Å². The van der Waals surface area contributed by atoms with E-state index in [1.165, 1.54) is 22.8 Å². The van der Waals surface area contributed by atoms with E-state index >= 15 is 0 Å². The van der Waals surface area contributed by atoms with Crippen molar-refractivity contribution in [2.24, 2.45) is 0 Å². The topological polar surface area (TPSA) is 111 Å². The SMILES string of the molecule is CNCCCn1c(=O)n(-c2nnc(C(F)F)s2)c2cc(S(=O)(=O)NC3(CF)CC3)ccc21. The summed E-state index contributed by atoms with van der Waals surface area (Å²) in [6.07, 6.45) is -1.44. The van der Waals surface area contributed by atoms with Gasteiger partial charge in [-0.25, -0.2) is 35.7 Å². The van der Waals surface area contributed by atoms with Crippen molar-refractivity contribution < 1.29 is 21.6 Å². The third-order valence-electron chi connectivity index (χ3n) is 5.29. The Morgan fingerprint density at radius 2 is 2.00 bits per heavy atom. The molecule has 1 aliphatic carbocycles. The number of aromatic nitrogens is 4. The molecule has 14 heteroatoms. The Balaban J connectivity index is 1.85. The molecule has 2 heterocycles. The summed E-state index contributed by atoms with van der Waals surface area (Å²) in [7, 11) is -2.30. The van der Waals surface area contributed by atoms with Gasteiger partial charge in [0.2, 0.25) is 15.2 Å². The first kappa shape index (κ1) is 22.9.